The highest BCUT2D eigenvalue weighted by molar-refractivity contribution is 5.68. The van der Waals surface area contributed by atoms with E-state index in [9.17, 15) is 9.18 Å². The molecule has 5 heteroatoms. The summed E-state index contributed by atoms with van der Waals surface area (Å²) in [6.07, 6.45) is -0.0185. The lowest BCUT2D eigenvalue weighted by atomic mass is 9.90. The van der Waals surface area contributed by atoms with Crippen LogP contribution in [0.2, 0.25) is 0 Å². The Morgan fingerprint density at radius 3 is 2.56 bits per heavy atom. The van der Waals surface area contributed by atoms with E-state index in [2.05, 4.69) is 5.32 Å². The van der Waals surface area contributed by atoms with E-state index >= 15 is 0 Å². The summed E-state index contributed by atoms with van der Waals surface area (Å²) in [5, 5.41) is 2.55. The quantitative estimate of drug-likeness (QED) is 0.723. The van der Waals surface area contributed by atoms with Gasteiger partial charge in [0.2, 0.25) is 0 Å². The number of hydrogen-bond acceptors (Lipinski definition) is 3. The molecular weight excluding hydrogens is 211 g/mol. The molecule has 0 aromatic heterocycles. The monoisotopic (exact) mass is 232 g/mol. The van der Waals surface area contributed by atoms with E-state index in [1.54, 1.807) is 20.8 Å². The van der Waals surface area contributed by atoms with Crippen LogP contribution in [-0.4, -0.2) is 29.9 Å². The molecule has 0 saturated heterocycles. The highest BCUT2D eigenvalue weighted by Gasteiger charge is 2.31. The second kappa shape index (κ2) is 4.99. The molecule has 0 heterocycles. The molecule has 94 valence electrons. The predicted molar refractivity (Wildman–Crippen MR) is 59.9 cm³/mol. The molecule has 0 radical (unpaired) electrons. The Hall–Kier alpha value is -0.840. The van der Waals surface area contributed by atoms with E-state index in [-0.39, 0.29) is 6.04 Å². The highest BCUT2D eigenvalue weighted by atomic mass is 19.1. The van der Waals surface area contributed by atoms with Gasteiger partial charge in [-0.05, 0) is 40.0 Å². The minimum atomic E-state index is -1.07. The SMILES string of the molecule is CC(C)(C)OC(=O)N[C@@H]1CC[C@@H](N)C[C@@H]1F. The van der Waals surface area contributed by atoms with E-state index in [0.29, 0.717) is 12.8 Å². The lowest BCUT2D eigenvalue weighted by molar-refractivity contribution is 0.0445. The van der Waals surface area contributed by atoms with Gasteiger partial charge in [0.15, 0.2) is 0 Å². The summed E-state index contributed by atoms with van der Waals surface area (Å²) in [7, 11) is 0. The fourth-order valence-electron chi connectivity index (χ4n) is 1.77. The Balaban J connectivity index is 2.39. The molecule has 1 fully saturated rings. The molecule has 0 bridgehead atoms. The number of alkyl halides is 1. The van der Waals surface area contributed by atoms with Gasteiger partial charge >= 0.3 is 6.09 Å². The van der Waals surface area contributed by atoms with Crippen LogP contribution in [0.1, 0.15) is 40.0 Å². The van der Waals surface area contributed by atoms with E-state index < -0.39 is 23.9 Å². The minimum Gasteiger partial charge on any atom is -0.444 e. The van der Waals surface area contributed by atoms with Crippen LogP contribution >= 0.6 is 0 Å². The van der Waals surface area contributed by atoms with E-state index in [4.69, 9.17) is 10.5 Å². The van der Waals surface area contributed by atoms with Crippen molar-refractivity contribution in [1.29, 1.82) is 0 Å². The number of amides is 1. The van der Waals surface area contributed by atoms with Crippen molar-refractivity contribution in [2.24, 2.45) is 5.73 Å². The zero-order chi connectivity index (χ0) is 12.3. The summed E-state index contributed by atoms with van der Waals surface area (Å²) in [6.45, 7) is 5.32. The Morgan fingerprint density at radius 2 is 2.06 bits per heavy atom. The molecule has 0 aromatic rings. The summed E-state index contributed by atoms with van der Waals surface area (Å²) in [5.74, 6) is 0. The Morgan fingerprint density at radius 1 is 1.44 bits per heavy atom. The number of nitrogens with two attached hydrogens (primary N) is 1. The van der Waals surface area contributed by atoms with E-state index in [1.165, 1.54) is 0 Å². The van der Waals surface area contributed by atoms with Crippen molar-refractivity contribution in [2.75, 3.05) is 0 Å². The molecule has 3 atom stereocenters. The van der Waals surface area contributed by atoms with Gasteiger partial charge < -0.3 is 15.8 Å². The molecule has 1 amide bonds. The fraction of sp³-hybridized carbons (Fsp3) is 0.909. The average molecular weight is 232 g/mol. The summed E-state index contributed by atoms with van der Waals surface area (Å²) in [5.41, 5.74) is 5.08. The number of carbonyl (C=O) groups excluding carboxylic acids is 1. The van der Waals surface area contributed by atoms with Gasteiger partial charge in [0, 0.05) is 6.04 Å². The number of ether oxygens (including phenoxy) is 1. The first-order valence-corrected chi connectivity index (χ1v) is 5.67. The first kappa shape index (κ1) is 13.2. The van der Waals surface area contributed by atoms with Crippen LogP contribution in [0.4, 0.5) is 9.18 Å². The molecule has 0 aromatic carbocycles. The first-order chi connectivity index (χ1) is 7.28. The summed E-state index contributed by atoms with van der Waals surface area (Å²) in [6, 6.07) is -0.554. The summed E-state index contributed by atoms with van der Waals surface area (Å²) >= 11 is 0. The zero-order valence-corrected chi connectivity index (χ0v) is 10.1. The number of halogens is 1. The number of carbonyl (C=O) groups is 1. The lowest BCUT2D eigenvalue weighted by Crippen LogP contribution is -2.49. The molecule has 3 N–H and O–H groups in total. The lowest BCUT2D eigenvalue weighted by Gasteiger charge is -2.31. The maximum atomic E-state index is 13.5. The number of nitrogens with one attached hydrogen (secondary N) is 1. The van der Waals surface area contributed by atoms with Gasteiger partial charge in [-0.15, -0.1) is 0 Å². The third-order valence-corrected chi connectivity index (χ3v) is 2.52. The Bertz CT molecular complexity index is 253. The van der Waals surface area contributed by atoms with Crippen molar-refractivity contribution in [2.45, 2.75) is 63.9 Å². The maximum absolute atomic E-state index is 13.5. The van der Waals surface area contributed by atoms with E-state index in [0.717, 1.165) is 6.42 Å². The van der Waals surface area contributed by atoms with Gasteiger partial charge in [0.1, 0.15) is 11.8 Å². The zero-order valence-electron chi connectivity index (χ0n) is 10.1. The normalized spacial score (nSPS) is 30.9. The van der Waals surface area contributed by atoms with Crippen LogP contribution in [0.25, 0.3) is 0 Å². The molecule has 1 aliphatic carbocycles. The molecule has 1 aliphatic rings. The van der Waals surface area contributed by atoms with E-state index in [1.807, 2.05) is 0 Å². The second-order valence-corrected chi connectivity index (χ2v) is 5.34. The Labute approximate surface area is 95.7 Å². The molecular formula is C11H21FN2O2. The number of hydrogen-bond donors (Lipinski definition) is 2. The van der Waals surface area contributed by atoms with Crippen molar-refractivity contribution in [3.63, 3.8) is 0 Å². The number of rotatable bonds is 1. The van der Waals surface area contributed by atoms with Gasteiger partial charge in [0.25, 0.3) is 0 Å². The average Bonchev–Trinajstić information content (AvgIpc) is 2.06. The fourth-order valence-corrected chi connectivity index (χ4v) is 1.77. The Kier molecular flexibility index (Phi) is 4.13. The van der Waals surface area contributed by atoms with Crippen LogP contribution in [0, 0.1) is 0 Å². The molecule has 0 aliphatic heterocycles. The van der Waals surface area contributed by atoms with Gasteiger partial charge in [0.05, 0.1) is 6.04 Å². The van der Waals surface area contributed by atoms with Crippen LogP contribution in [0.3, 0.4) is 0 Å². The van der Waals surface area contributed by atoms with Crippen molar-refractivity contribution < 1.29 is 13.9 Å². The second-order valence-electron chi connectivity index (χ2n) is 5.34. The third kappa shape index (κ3) is 4.35. The van der Waals surface area contributed by atoms with Crippen LogP contribution in [0.15, 0.2) is 0 Å². The van der Waals surface area contributed by atoms with Crippen LogP contribution in [0.5, 0.6) is 0 Å². The molecule has 16 heavy (non-hydrogen) atoms. The predicted octanol–water partition coefficient (Wildman–Crippen LogP) is 1.73. The molecule has 0 unspecified atom stereocenters. The number of alkyl carbamates (subject to hydrolysis) is 1. The summed E-state index contributed by atoms with van der Waals surface area (Å²) < 4.78 is 18.6. The maximum Gasteiger partial charge on any atom is 0.407 e. The topological polar surface area (TPSA) is 64.3 Å². The largest absolute Gasteiger partial charge is 0.444 e. The standard InChI is InChI=1S/C11H21FN2O2/c1-11(2,3)16-10(15)14-9-5-4-7(13)6-8(9)12/h7-9H,4-6,13H2,1-3H3,(H,14,15)/t7-,8+,9-/m1/s1. The molecule has 1 rings (SSSR count). The van der Waals surface area contributed by atoms with Crippen LogP contribution < -0.4 is 11.1 Å². The summed E-state index contributed by atoms with van der Waals surface area (Å²) in [4.78, 5) is 11.4. The van der Waals surface area contributed by atoms with Gasteiger partial charge in [-0.1, -0.05) is 0 Å². The van der Waals surface area contributed by atoms with Crippen LogP contribution in [-0.2, 0) is 4.74 Å². The highest BCUT2D eigenvalue weighted by Crippen LogP contribution is 2.21. The molecule has 0 spiro atoms. The third-order valence-electron chi connectivity index (χ3n) is 2.52. The van der Waals surface area contributed by atoms with Crippen molar-refractivity contribution >= 4 is 6.09 Å². The molecule has 4 nitrogen and oxygen atoms in total. The minimum absolute atomic E-state index is 0.0910. The van der Waals surface area contributed by atoms with Crippen molar-refractivity contribution in [3.8, 4) is 0 Å². The van der Waals surface area contributed by atoms with Crippen molar-refractivity contribution in [1.82, 2.24) is 5.32 Å². The van der Waals surface area contributed by atoms with Gasteiger partial charge in [-0.25, -0.2) is 9.18 Å². The smallest absolute Gasteiger partial charge is 0.407 e. The molecule has 1 saturated carbocycles. The van der Waals surface area contributed by atoms with Gasteiger partial charge in [-0.2, -0.15) is 0 Å². The van der Waals surface area contributed by atoms with Crippen molar-refractivity contribution in [3.05, 3.63) is 0 Å². The first-order valence-electron chi connectivity index (χ1n) is 5.67. The van der Waals surface area contributed by atoms with Gasteiger partial charge in [-0.3, -0.25) is 0 Å².